The van der Waals surface area contributed by atoms with E-state index >= 15 is 0 Å². The van der Waals surface area contributed by atoms with E-state index in [-0.39, 0.29) is 35.3 Å². The Morgan fingerprint density at radius 3 is 2.51 bits per heavy atom. The molecule has 2 bridgehead atoms. The molecule has 4 aromatic rings. The number of nitrogens with two attached hydrogens (primary N) is 2. The van der Waals surface area contributed by atoms with Crippen LogP contribution in [0.1, 0.15) is 84.0 Å². The highest BCUT2D eigenvalue weighted by Gasteiger charge is 2.57. The van der Waals surface area contributed by atoms with Crippen molar-refractivity contribution in [1.29, 1.82) is 5.41 Å². The molecule has 4 fully saturated rings. The molecule has 9 heteroatoms. The van der Waals surface area contributed by atoms with Crippen LogP contribution in [0, 0.1) is 30.6 Å². The number of ether oxygens (including phenoxy) is 1. The molecular weight excluding hydrogens is 607 g/mol. The van der Waals surface area contributed by atoms with Crippen molar-refractivity contribution >= 4 is 40.5 Å². The lowest BCUT2D eigenvalue weighted by molar-refractivity contribution is -0.127. The number of aryl methyl sites for hydroxylation is 2. The highest BCUT2D eigenvalue weighted by molar-refractivity contribution is 7.97. The zero-order valence-electron chi connectivity index (χ0n) is 27.3. The molecule has 2 heterocycles. The number of benzene rings is 2. The number of amides is 1. The number of nitrogens with zero attached hydrogens (tertiary/aromatic N) is 2. The summed E-state index contributed by atoms with van der Waals surface area (Å²) in [5.41, 5.74) is 13.2. The third kappa shape index (κ3) is 6.31. The molecule has 1 atom stereocenters. The van der Waals surface area contributed by atoms with Crippen molar-refractivity contribution in [2.75, 3.05) is 6.61 Å². The second-order valence-electron chi connectivity index (χ2n) is 14.3. The number of carbonyl (C=O) groups is 1. The number of aromatic nitrogens is 1. The third-order valence-electron chi connectivity index (χ3n) is 10.6. The van der Waals surface area contributed by atoms with Crippen molar-refractivity contribution < 1.29 is 13.9 Å². The summed E-state index contributed by atoms with van der Waals surface area (Å²) in [4.78, 5) is 22.1. The number of carbonyl (C=O) groups excluding carboxylic acids is 1. The molecule has 47 heavy (non-hydrogen) atoms. The molecule has 4 aliphatic rings. The van der Waals surface area contributed by atoms with Gasteiger partial charge in [-0.25, -0.2) is 4.98 Å². The Morgan fingerprint density at radius 2 is 1.85 bits per heavy atom. The van der Waals surface area contributed by atoms with Gasteiger partial charge in [0, 0.05) is 39.3 Å². The van der Waals surface area contributed by atoms with Crippen molar-refractivity contribution in [2.45, 2.75) is 82.2 Å². The van der Waals surface area contributed by atoms with E-state index in [1.54, 1.807) is 6.08 Å². The van der Waals surface area contributed by atoms with Crippen LogP contribution in [-0.2, 0) is 16.7 Å². The standard InChI is InChI=1S/C38H43N5O3S/c1-23-6-4-7-24(2)35(23)30(39)15-34(40)45-22-28(20-38-17-25(18-38)19-38)43(36(44)26-8-5-9-29(14-26)47-41)21-27-10-11-32-31(42-27)16-33(46-32)37(3)12-13-37/h4-11,14-16,25,28,40H,12-13,17-22,39,41H2,1-3H3/b30-15-,40-34?/t25?,28-,38?/m1/s1. The van der Waals surface area contributed by atoms with Crippen LogP contribution in [0.2, 0.25) is 0 Å². The summed E-state index contributed by atoms with van der Waals surface area (Å²) in [6.45, 7) is 6.72. The molecule has 0 saturated heterocycles. The minimum Gasteiger partial charge on any atom is -0.476 e. The fourth-order valence-electron chi connectivity index (χ4n) is 7.57. The first-order valence-electron chi connectivity index (χ1n) is 16.5. The van der Waals surface area contributed by atoms with Gasteiger partial charge in [0.25, 0.3) is 5.91 Å². The zero-order valence-corrected chi connectivity index (χ0v) is 28.2. The van der Waals surface area contributed by atoms with Crippen LogP contribution in [0.15, 0.2) is 76.1 Å². The summed E-state index contributed by atoms with van der Waals surface area (Å²) in [7, 11) is 0. The summed E-state index contributed by atoms with van der Waals surface area (Å²) in [5.74, 6) is 1.63. The van der Waals surface area contributed by atoms with Gasteiger partial charge in [-0.1, -0.05) is 31.2 Å². The Hall–Kier alpha value is -4.08. The average molecular weight is 650 g/mol. The van der Waals surface area contributed by atoms with Crippen LogP contribution in [0.4, 0.5) is 0 Å². The highest BCUT2D eigenvalue weighted by Crippen LogP contribution is 2.66. The normalized spacial score (nSPS) is 21.4. The number of hydrogen-bond acceptors (Lipinski definition) is 8. The molecule has 0 spiro atoms. The molecule has 4 aliphatic carbocycles. The predicted molar refractivity (Wildman–Crippen MR) is 187 cm³/mol. The van der Waals surface area contributed by atoms with Crippen LogP contribution in [0.25, 0.3) is 16.8 Å². The molecule has 4 saturated carbocycles. The molecule has 0 aliphatic heterocycles. The fraction of sp³-hybridized carbons (Fsp3) is 0.395. The number of fused-ring (bicyclic) bond motifs is 1. The van der Waals surface area contributed by atoms with Gasteiger partial charge in [-0.3, -0.25) is 15.3 Å². The van der Waals surface area contributed by atoms with E-state index in [4.69, 9.17) is 30.4 Å². The van der Waals surface area contributed by atoms with Crippen molar-refractivity contribution in [3.05, 3.63) is 100 Å². The van der Waals surface area contributed by atoms with Gasteiger partial charge in [0.15, 0.2) is 5.58 Å². The van der Waals surface area contributed by atoms with E-state index in [2.05, 4.69) is 13.0 Å². The van der Waals surface area contributed by atoms with E-state index in [9.17, 15) is 4.79 Å². The number of furan rings is 1. The van der Waals surface area contributed by atoms with Crippen molar-refractivity contribution in [2.24, 2.45) is 22.2 Å². The first kappa shape index (κ1) is 31.5. The van der Waals surface area contributed by atoms with Crippen LogP contribution in [0.5, 0.6) is 0 Å². The lowest BCUT2D eigenvalue weighted by atomic mass is 9.43. The highest BCUT2D eigenvalue weighted by atomic mass is 32.2. The predicted octanol–water partition coefficient (Wildman–Crippen LogP) is 7.66. The largest absolute Gasteiger partial charge is 0.476 e. The summed E-state index contributed by atoms with van der Waals surface area (Å²) >= 11 is 1.12. The van der Waals surface area contributed by atoms with E-state index in [1.807, 2.05) is 73.3 Å². The van der Waals surface area contributed by atoms with Crippen LogP contribution >= 0.6 is 11.9 Å². The Balaban J connectivity index is 1.19. The molecule has 5 N–H and O–H groups in total. The lowest BCUT2D eigenvalue weighted by Crippen LogP contribution is -2.56. The summed E-state index contributed by atoms with van der Waals surface area (Å²) in [6.07, 6.45) is 8.17. The van der Waals surface area contributed by atoms with Gasteiger partial charge in [0.05, 0.1) is 18.3 Å². The van der Waals surface area contributed by atoms with Crippen molar-refractivity contribution in [3.8, 4) is 0 Å². The second kappa shape index (κ2) is 12.2. The van der Waals surface area contributed by atoms with Gasteiger partial charge in [0.1, 0.15) is 17.9 Å². The molecule has 244 valence electrons. The maximum Gasteiger partial charge on any atom is 0.254 e. The minimum atomic E-state index is -0.282. The monoisotopic (exact) mass is 649 g/mol. The molecule has 8 nitrogen and oxygen atoms in total. The van der Waals surface area contributed by atoms with Gasteiger partial charge in [-0.2, -0.15) is 0 Å². The van der Waals surface area contributed by atoms with E-state index < -0.39 is 0 Å². The van der Waals surface area contributed by atoms with Gasteiger partial charge in [-0.15, -0.1) is 0 Å². The number of pyridine rings is 1. The molecular formula is C38H43N5O3S. The second-order valence-corrected chi connectivity index (χ2v) is 15.0. The number of rotatable bonds is 12. The van der Waals surface area contributed by atoms with Gasteiger partial charge in [-0.05, 0) is 117 Å². The molecule has 8 rings (SSSR count). The van der Waals surface area contributed by atoms with Gasteiger partial charge < -0.3 is 19.8 Å². The third-order valence-corrected chi connectivity index (χ3v) is 11.1. The van der Waals surface area contributed by atoms with Crippen molar-refractivity contribution in [1.82, 2.24) is 9.88 Å². The van der Waals surface area contributed by atoms with Crippen LogP contribution in [0.3, 0.4) is 0 Å². The Labute approximate surface area is 280 Å². The SMILES string of the molecule is Cc1cccc(C)c1/C(N)=C/C(=N)OC[C@@H](CC12CC(C1)C2)N(Cc1ccc2oc(C3(C)CC3)cc2n1)C(=O)c1cccc(SN)c1. The van der Waals surface area contributed by atoms with Gasteiger partial charge >= 0.3 is 0 Å². The van der Waals surface area contributed by atoms with E-state index in [1.165, 1.54) is 19.3 Å². The minimum absolute atomic E-state index is 0.0271. The zero-order chi connectivity index (χ0) is 32.9. The lowest BCUT2D eigenvalue weighted by Gasteiger charge is -2.63. The average Bonchev–Trinajstić information content (AvgIpc) is 3.61. The van der Waals surface area contributed by atoms with E-state index in [0.29, 0.717) is 17.8 Å². The molecule has 2 aromatic carbocycles. The molecule has 1 amide bonds. The number of hydrogen-bond donors (Lipinski definition) is 3. The molecule has 0 radical (unpaired) electrons. The maximum atomic E-state index is 14.4. The van der Waals surface area contributed by atoms with Crippen LogP contribution < -0.4 is 10.9 Å². The van der Waals surface area contributed by atoms with Crippen LogP contribution in [-0.4, -0.2) is 34.3 Å². The molecule has 2 aromatic heterocycles. The first-order chi connectivity index (χ1) is 22.5. The topological polar surface area (TPSA) is 131 Å². The summed E-state index contributed by atoms with van der Waals surface area (Å²) < 4.78 is 12.3. The maximum absolute atomic E-state index is 14.4. The Bertz CT molecular complexity index is 1860. The quantitative estimate of drug-likeness (QED) is 0.0816. The van der Waals surface area contributed by atoms with Crippen molar-refractivity contribution in [3.63, 3.8) is 0 Å². The first-order valence-corrected chi connectivity index (χ1v) is 17.4. The molecule has 0 unspecified atom stereocenters. The van der Waals surface area contributed by atoms with Gasteiger partial charge in [0.2, 0.25) is 5.90 Å². The van der Waals surface area contributed by atoms with E-state index in [0.717, 1.165) is 81.3 Å². The number of nitrogens with one attached hydrogen (secondary N) is 1. The Morgan fingerprint density at radius 1 is 1.13 bits per heavy atom. The smallest absolute Gasteiger partial charge is 0.254 e. The summed E-state index contributed by atoms with van der Waals surface area (Å²) in [5, 5.41) is 14.6. The summed E-state index contributed by atoms with van der Waals surface area (Å²) in [6, 6.07) is 19.1. The Kier molecular flexibility index (Phi) is 8.17. The fourth-order valence-corrected chi connectivity index (χ4v) is 7.92.